The molecule has 0 aliphatic heterocycles. The fourth-order valence-electron chi connectivity index (χ4n) is 5.64. The SMILES string of the molecule is CC1(S(=O)(=O)[O-])CC=Cc2ccccc21.CC1(S(=O)(=O)[O-])CC=Cc2ccccc21.CC1(S(=O)(=O)[O-])CC=Cc2ccccc21.[Al+3]. The van der Waals surface area contributed by atoms with Gasteiger partial charge >= 0.3 is 17.4 Å². The van der Waals surface area contributed by atoms with Crippen LogP contribution in [-0.2, 0) is 44.6 Å². The van der Waals surface area contributed by atoms with Gasteiger partial charge in [-0.3, -0.25) is 0 Å². The summed E-state index contributed by atoms with van der Waals surface area (Å²) in [7, 11) is -13.0. The van der Waals surface area contributed by atoms with Gasteiger partial charge in [0.25, 0.3) is 0 Å². The van der Waals surface area contributed by atoms with Crippen molar-refractivity contribution in [3.8, 4) is 0 Å². The van der Waals surface area contributed by atoms with Crippen LogP contribution in [0.15, 0.2) is 91.0 Å². The molecule has 3 aliphatic carbocycles. The second kappa shape index (κ2) is 13.7. The minimum atomic E-state index is -4.34. The Labute approximate surface area is 282 Å². The Morgan fingerprint density at radius 1 is 0.457 bits per heavy atom. The standard InChI is InChI=1S/3C11H12O3S.Al/c3*1-11(15(12,13)14)8-4-6-9-5-2-3-7-10(9)11;/h3*2-7H,8H2,1H3,(H,12,13,14);/q;;;+3/p-3. The Balaban J connectivity index is 0.000000186. The first-order chi connectivity index (χ1) is 20.9. The van der Waals surface area contributed by atoms with Gasteiger partial charge in [-0.05, 0) is 73.4 Å². The molecule has 13 heteroatoms. The zero-order chi connectivity index (χ0) is 33.3. The van der Waals surface area contributed by atoms with Crippen LogP contribution in [0, 0.1) is 0 Å². The van der Waals surface area contributed by atoms with Gasteiger partial charge in [-0.2, -0.15) is 0 Å². The largest absolute Gasteiger partial charge is 3.00 e. The van der Waals surface area contributed by atoms with Crippen molar-refractivity contribution in [3.63, 3.8) is 0 Å². The molecule has 46 heavy (non-hydrogen) atoms. The fraction of sp³-hybridized carbons (Fsp3) is 0.273. The van der Waals surface area contributed by atoms with E-state index in [2.05, 4.69) is 0 Å². The third kappa shape index (κ3) is 7.17. The molecule has 0 N–H and O–H groups in total. The van der Waals surface area contributed by atoms with Crippen LogP contribution < -0.4 is 0 Å². The number of hydrogen-bond donors (Lipinski definition) is 0. The molecule has 0 saturated carbocycles. The fourth-order valence-corrected chi connectivity index (χ4v) is 7.91. The van der Waals surface area contributed by atoms with Crippen LogP contribution >= 0.6 is 0 Å². The molecule has 3 aromatic carbocycles. The first-order valence-corrected chi connectivity index (χ1v) is 18.2. The number of hydrogen-bond acceptors (Lipinski definition) is 9. The third-order valence-electron chi connectivity index (χ3n) is 8.66. The van der Waals surface area contributed by atoms with Crippen LogP contribution in [0.3, 0.4) is 0 Å². The second-order valence-corrected chi connectivity index (χ2v) is 17.1. The van der Waals surface area contributed by atoms with Gasteiger partial charge in [-0.25, -0.2) is 25.3 Å². The van der Waals surface area contributed by atoms with Gasteiger partial charge in [0.05, 0.1) is 14.2 Å². The molecule has 240 valence electrons. The molecule has 0 bridgehead atoms. The minimum Gasteiger partial charge on any atom is -0.747 e. The smallest absolute Gasteiger partial charge is 0.747 e. The number of fused-ring (bicyclic) bond motifs is 3. The zero-order valence-corrected chi connectivity index (χ0v) is 29.1. The summed E-state index contributed by atoms with van der Waals surface area (Å²) >= 11 is 0. The average Bonchev–Trinajstić information content (AvgIpc) is 2.97. The molecule has 0 saturated heterocycles. The van der Waals surface area contributed by atoms with Crippen molar-refractivity contribution in [2.75, 3.05) is 0 Å². The van der Waals surface area contributed by atoms with E-state index in [4.69, 9.17) is 0 Å². The molecule has 0 amide bonds. The molecule has 0 radical (unpaired) electrons. The molecule has 3 aromatic rings. The van der Waals surface area contributed by atoms with Crippen molar-refractivity contribution < 1.29 is 38.9 Å². The molecule has 0 aromatic heterocycles. The van der Waals surface area contributed by atoms with Gasteiger partial charge in [0.15, 0.2) is 0 Å². The predicted molar refractivity (Wildman–Crippen MR) is 177 cm³/mol. The van der Waals surface area contributed by atoms with Gasteiger partial charge in [0, 0.05) is 0 Å². The topological polar surface area (TPSA) is 172 Å². The van der Waals surface area contributed by atoms with Crippen LogP contribution in [0.4, 0.5) is 0 Å². The molecule has 0 spiro atoms. The van der Waals surface area contributed by atoms with Crippen LogP contribution in [-0.4, -0.2) is 56.3 Å². The number of benzene rings is 3. The molecule has 6 rings (SSSR count). The van der Waals surface area contributed by atoms with Gasteiger partial charge in [-0.1, -0.05) is 109 Å². The second-order valence-electron chi connectivity index (χ2n) is 11.6. The van der Waals surface area contributed by atoms with Crippen LogP contribution in [0.1, 0.15) is 73.4 Å². The van der Waals surface area contributed by atoms with E-state index in [0.717, 1.165) is 16.7 Å². The molecule has 3 atom stereocenters. The van der Waals surface area contributed by atoms with Gasteiger partial charge in [0.2, 0.25) is 0 Å². The zero-order valence-electron chi connectivity index (χ0n) is 25.5. The summed E-state index contributed by atoms with van der Waals surface area (Å²) in [6.07, 6.45) is 11.5. The molecule has 3 unspecified atom stereocenters. The molecule has 0 heterocycles. The van der Waals surface area contributed by atoms with Gasteiger partial charge in [-0.15, -0.1) is 0 Å². The van der Waals surface area contributed by atoms with Crippen molar-refractivity contribution in [2.24, 2.45) is 0 Å². The average molecular weight is 697 g/mol. The van der Waals surface area contributed by atoms with Gasteiger partial charge in [0.1, 0.15) is 30.4 Å². The van der Waals surface area contributed by atoms with Crippen LogP contribution in [0.25, 0.3) is 18.2 Å². The molecule has 3 aliphatic rings. The molecular formula is C33H33AlO9S3. The number of allylic oxidation sites excluding steroid dienone is 3. The minimum absolute atomic E-state index is 0. The van der Waals surface area contributed by atoms with Crippen LogP contribution in [0.2, 0.25) is 0 Å². The Morgan fingerprint density at radius 3 is 0.891 bits per heavy atom. The molecular weight excluding hydrogens is 664 g/mol. The van der Waals surface area contributed by atoms with E-state index < -0.39 is 44.6 Å². The molecule has 0 fully saturated rings. The summed E-state index contributed by atoms with van der Waals surface area (Å²) in [5.74, 6) is 0. The third-order valence-corrected chi connectivity index (χ3v) is 13.1. The molecule has 9 nitrogen and oxygen atoms in total. The summed E-state index contributed by atoms with van der Waals surface area (Å²) in [6.45, 7) is 4.45. The Morgan fingerprint density at radius 2 is 0.674 bits per heavy atom. The Kier molecular flexibility index (Phi) is 11.2. The van der Waals surface area contributed by atoms with E-state index in [1.807, 2.05) is 54.6 Å². The first-order valence-electron chi connectivity index (χ1n) is 14.0. The summed E-state index contributed by atoms with van der Waals surface area (Å²) in [6, 6.07) is 21.3. The van der Waals surface area contributed by atoms with Crippen molar-refractivity contribution >= 4 is 65.9 Å². The van der Waals surface area contributed by atoms with Gasteiger partial charge < -0.3 is 13.7 Å². The summed E-state index contributed by atoms with van der Waals surface area (Å²) in [5.41, 5.74) is 4.23. The maximum Gasteiger partial charge on any atom is 3.00 e. The van der Waals surface area contributed by atoms with Crippen LogP contribution in [0.5, 0.6) is 0 Å². The van der Waals surface area contributed by atoms with E-state index >= 15 is 0 Å². The predicted octanol–water partition coefficient (Wildman–Crippen LogP) is 5.21. The van der Waals surface area contributed by atoms with E-state index in [-0.39, 0.29) is 36.6 Å². The maximum absolute atomic E-state index is 11.3. The van der Waals surface area contributed by atoms with Crippen molar-refractivity contribution in [2.45, 2.75) is 54.3 Å². The number of rotatable bonds is 3. The summed E-state index contributed by atoms with van der Waals surface area (Å²) in [5, 5.41) is 0. The quantitative estimate of drug-likeness (QED) is 0.263. The Hall–Kier alpha value is -2.86. The Bertz CT molecular complexity index is 1790. The van der Waals surface area contributed by atoms with E-state index in [1.165, 1.54) is 20.8 Å². The maximum atomic E-state index is 11.3. The first kappa shape index (κ1) is 37.6. The van der Waals surface area contributed by atoms with Crippen molar-refractivity contribution in [1.82, 2.24) is 0 Å². The van der Waals surface area contributed by atoms with Crippen molar-refractivity contribution in [3.05, 3.63) is 124 Å². The van der Waals surface area contributed by atoms with Crippen molar-refractivity contribution in [1.29, 1.82) is 0 Å². The van der Waals surface area contributed by atoms with E-state index in [1.54, 1.807) is 54.6 Å². The normalized spacial score (nSPS) is 24.4. The monoisotopic (exact) mass is 696 g/mol. The van der Waals surface area contributed by atoms with E-state index in [0.29, 0.717) is 16.7 Å². The summed E-state index contributed by atoms with van der Waals surface area (Å²) in [4.78, 5) is 0. The van der Waals surface area contributed by atoms with E-state index in [9.17, 15) is 38.9 Å². The summed E-state index contributed by atoms with van der Waals surface area (Å²) < 4.78 is 97.6.